The summed E-state index contributed by atoms with van der Waals surface area (Å²) in [6.45, 7) is 1.86. The lowest BCUT2D eigenvalue weighted by Gasteiger charge is -2.35. The van der Waals surface area contributed by atoms with E-state index in [4.69, 9.17) is 26.1 Å². The first-order valence-corrected chi connectivity index (χ1v) is 11.4. The number of ether oxygens (including phenoxy) is 2. The van der Waals surface area contributed by atoms with E-state index in [0.717, 1.165) is 21.3 Å². The predicted molar refractivity (Wildman–Crippen MR) is 128 cm³/mol. The Morgan fingerprint density at radius 1 is 1.12 bits per heavy atom. The fourth-order valence-corrected chi connectivity index (χ4v) is 5.34. The molecule has 0 bridgehead atoms. The van der Waals surface area contributed by atoms with Crippen molar-refractivity contribution in [1.82, 2.24) is 0 Å². The minimum absolute atomic E-state index is 0.0226. The van der Waals surface area contributed by atoms with Gasteiger partial charge < -0.3 is 9.47 Å². The number of benzene rings is 2. The molecule has 164 valence electrons. The smallest absolute Gasteiger partial charge is 0.161 e. The molecule has 5 nitrogen and oxygen atoms in total. The van der Waals surface area contributed by atoms with Gasteiger partial charge in [-0.05, 0) is 54.7 Å². The zero-order chi connectivity index (χ0) is 23.0. The third-order valence-corrected chi connectivity index (χ3v) is 7.15. The highest BCUT2D eigenvalue weighted by Crippen LogP contribution is 2.49. The Morgan fingerprint density at radius 3 is 2.41 bits per heavy atom. The molecule has 7 heteroatoms. The largest absolute Gasteiger partial charge is 0.493 e. The Hall–Kier alpha value is -2.62. The van der Waals surface area contributed by atoms with E-state index in [1.54, 1.807) is 14.2 Å². The van der Waals surface area contributed by atoms with E-state index in [1.807, 2.05) is 43.3 Å². The van der Waals surface area contributed by atoms with Crippen LogP contribution in [0.2, 0.25) is 5.02 Å². The molecule has 1 heterocycles. The number of nitrogens with zero attached hydrogens (tertiary/aromatic N) is 2. The van der Waals surface area contributed by atoms with Gasteiger partial charge in [-0.2, -0.15) is 5.26 Å². The van der Waals surface area contributed by atoms with E-state index in [1.165, 1.54) is 0 Å². The van der Waals surface area contributed by atoms with E-state index in [0.29, 0.717) is 40.6 Å². The number of rotatable bonds is 4. The summed E-state index contributed by atoms with van der Waals surface area (Å²) in [6.07, 6.45) is 1.01. The van der Waals surface area contributed by atoms with Crippen molar-refractivity contribution < 1.29 is 14.3 Å². The second-order valence-corrected chi connectivity index (χ2v) is 9.30. The Morgan fingerprint density at radius 2 is 1.78 bits per heavy atom. The van der Waals surface area contributed by atoms with E-state index in [9.17, 15) is 10.1 Å². The molecule has 1 unspecified atom stereocenters. The molecule has 0 spiro atoms. The highest BCUT2D eigenvalue weighted by molar-refractivity contribution is 9.10. The van der Waals surface area contributed by atoms with Crippen molar-refractivity contribution in [2.75, 3.05) is 14.2 Å². The van der Waals surface area contributed by atoms with Crippen LogP contribution in [0.1, 0.15) is 42.7 Å². The number of ketones is 1. The summed E-state index contributed by atoms with van der Waals surface area (Å²) in [6, 6.07) is 13.6. The normalized spacial score (nSPS) is 22.7. The molecule has 0 N–H and O–H groups in total. The maximum absolute atomic E-state index is 13.5. The quantitative estimate of drug-likeness (QED) is 0.487. The first-order chi connectivity index (χ1) is 15.4. The molecule has 0 saturated carbocycles. The van der Waals surface area contributed by atoms with Crippen LogP contribution < -0.4 is 9.47 Å². The van der Waals surface area contributed by atoms with Crippen molar-refractivity contribution in [2.24, 2.45) is 10.9 Å². The number of carbonyl (C=O) groups excluding carboxylic acids is 1. The van der Waals surface area contributed by atoms with Gasteiger partial charge in [0.25, 0.3) is 0 Å². The van der Waals surface area contributed by atoms with Crippen LogP contribution in [0, 0.1) is 17.2 Å². The van der Waals surface area contributed by atoms with Crippen molar-refractivity contribution in [3.63, 3.8) is 0 Å². The first kappa shape index (κ1) is 22.6. The predicted octanol–water partition coefficient (Wildman–Crippen LogP) is 6.22. The average molecular weight is 514 g/mol. The average Bonchev–Trinajstić information content (AvgIpc) is 2.78. The fourth-order valence-electron chi connectivity index (χ4n) is 4.64. The minimum Gasteiger partial charge on any atom is -0.493 e. The Balaban J connectivity index is 1.83. The van der Waals surface area contributed by atoms with Crippen LogP contribution in [0.15, 0.2) is 57.1 Å². The molecule has 1 aliphatic heterocycles. The van der Waals surface area contributed by atoms with Crippen molar-refractivity contribution >= 4 is 39.0 Å². The van der Waals surface area contributed by atoms with E-state index in [2.05, 4.69) is 22.0 Å². The number of allylic oxidation sites excluding steroid dienone is 2. The monoisotopic (exact) mass is 512 g/mol. The zero-order valence-electron chi connectivity index (χ0n) is 18.0. The molecule has 1 aliphatic carbocycles. The van der Waals surface area contributed by atoms with Crippen molar-refractivity contribution in [2.45, 2.75) is 31.6 Å². The lowest BCUT2D eigenvalue weighted by Crippen LogP contribution is -2.32. The second kappa shape index (κ2) is 9.09. The van der Waals surface area contributed by atoms with E-state index < -0.39 is 11.8 Å². The number of carbonyl (C=O) groups is 1. The number of hydrogen-bond donors (Lipinski definition) is 0. The molecule has 4 rings (SSSR count). The van der Waals surface area contributed by atoms with Gasteiger partial charge in [-0.15, -0.1) is 0 Å². The standard InChI is InChI=1S/C25H22BrClN2O3/c1-13-18(12-28)24(17-10-22(31-2)23(32-3)11-19(17)26)25-20(29-13)8-15(9-21(25)30)14-4-6-16(27)7-5-14/h4-7,10-11,15,18,24H,8-9H2,1-3H3/t15-,18?,24+/m1/s1. The summed E-state index contributed by atoms with van der Waals surface area (Å²) in [5.41, 5.74) is 3.97. The van der Waals surface area contributed by atoms with Gasteiger partial charge in [0.15, 0.2) is 17.3 Å². The van der Waals surface area contributed by atoms with Crippen molar-refractivity contribution in [3.8, 4) is 17.6 Å². The van der Waals surface area contributed by atoms with Gasteiger partial charge in [0.2, 0.25) is 0 Å². The number of hydrogen-bond acceptors (Lipinski definition) is 5. The summed E-state index contributed by atoms with van der Waals surface area (Å²) in [4.78, 5) is 18.2. The van der Waals surface area contributed by atoms with Crippen LogP contribution in [-0.4, -0.2) is 25.7 Å². The zero-order valence-corrected chi connectivity index (χ0v) is 20.3. The number of Topliss-reactive ketones (excluding diaryl/α,β-unsaturated/α-hetero) is 1. The van der Waals surface area contributed by atoms with Crippen molar-refractivity contribution in [1.29, 1.82) is 5.26 Å². The molecule has 3 atom stereocenters. The van der Waals surface area contributed by atoms with E-state index in [-0.39, 0.29) is 11.7 Å². The highest BCUT2D eigenvalue weighted by atomic mass is 79.9. The molecule has 2 aromatic carbocycles. The number of methoxy groups -OCH3 is 2. The van der Waals surface area contributed by atoms with Crippen LogP contribution in [0.4, 0.5) is 0 Å². The topological polar surface area (TPSA) is 71.7 Å². The minimum atomic E-state index is -0.542. The summed E-state index contributed by atoms with van der Waals surface area (Å²) < 4.78 is 11.7. The van der Waals surface area contributed by atoms with Gasteiger partial charge in [-0.25, -0.2) is 0 Å². The lowest BCUT2D eigenvalue weighted by molar-refractivity contribution is -0.116. The fraction of sp³-hybridized carbons (Fsp3) is 0.320. The summed E-state index contributed by atoms with van der Waals surface area (Å²) in [5.74, 6) is 0.203. The number of nitriles is 1. The van der Waals surface area contributed by atoms with Gasteiger partial charge in [-0.3, -0.25) is 9.79 Å². The summed E-state index contributed by atoms with van der Waals surface area (Å²) in [7, 11) is 3.14. The molecule has 2 aromatic rings. The molecule has 0 amide bonds. The van der Waals surface area contributed by atoms with E-state index >= 15 is 0 Å². The molecule has 0 aromatic heterocycles. The van der Waals surface area contributed by atoms with Gasteiger partial charge in [0, 0.05) is 38.8 Å². The SMILES string of the molecule is COc1cc(Br)c([C@@H]2C3=C(C[C@@H](c4ccc(Cl)cc4)CC3=O)N=C(C)C2C#N)cc1OC. The van der Waals surface area contributed by atoms with Crippen LogP contribution >= 0.6 is 27.5 Å². The number of halogens is 2. The molecule has 32 heavy (non-hydrogen) atoms. The first-order valence-electron chi connectivity index (χ1n) is 10.3. The van der Waals surface area contributed by atoms with Gasteiger partial charge >= 0.3 is 0 Å². The van der Waals surface area contributed by atoms with Gasteiger partial charge in [-0.1, -0.05) is 39.7 Å². The third kappa shape index (κ3) is 3.96. The van der Waals surface area contributed by atoms with Crippen LogP contribution in [0.25, 0.3) is 0 Å². The molecular weight excluding hydrogens is 492 g/mol. The summed E-state index contributed by atoms with van der Waals surface area (Å²) in [5, 5.41) is 10.7. The molecule has 0 saturated heterocycles. The maximum Gasteiger partial charge on any atom is 0.161 e. The van der Waals surface area contributed by atoms with Gasteiger partial charge in [0.05, 0.1) is 26.2 Å². The number of aliphatic imine (C=N–C) groups is 1. The molecule has 2 aliphatic rings. The highest BCUT2D eigenvalue weighted by Gasteiger charge is 2.42. The van der Waals surface area contributed by atoms with Crippen LogP contribution in [0.3, 0.4) is 0 Å². The second-order valence-electron chi connectivity index (χ2n) is 8.01. The maximum atomic E-state index is 13.5. The third-order valence-electron chi connectivity index (χ3n) is 6.21. The Bertz CT molecular complexity index is 1180. The Kier molecular flexibility index (Phi) is 6.41. The summed E-state index contributed by atoms with van der Waals surface area (Å²) >= 11 is 9.66. The lowest BCUT2D eigenvalue weighted by atomic mass is 9.69. The Labute approximate surface area is 200 Å². The van der Waals surface area contributed by atoms with Crippen LogP contribution in [0.5, 0.6) is 11.5 Å². The molecule has 0 fully saturated rings. The van der Waals surface area contributed by atoms with Crippen LogP contribution in [-0.2, 0) is 4.79 Å². The molecule has 0 radical (unpaired) electrons. The molecular formula is C25H22BrClN2O3. The van der Waals surface area contributed by atoms with Gasteiger partial charge in [0.1, 0.15) is 0 Å². The van der Waals surface area contributed by atoms with Crippen molar-refractivity contribution in [3.05, 3.63) is 68.3 Å².